The van der Waals surface area contributed by atoms with Gasteiger partial charge >= 0.3 is 6.18 Å². The Bertz CT molecular complexity index is 1380. The van der Waals surface area contributed by atoms with Crippen LogP contribution in [0.15, 0.2) is 89.5 Å². The van der Waals surface area contributed by atoms with Gasteiger partial charge in [-0.1, -0.05) is 71.9 Å². The van der Waals surface area contributed by atoms with Gasteiger partial charge in [-0.25, -0.2) is 0 Å². The zero-order valence-electron chi connectivity index (χ0n) is 21.2. The molecule has 1 unspecified atom stereocenters. The van der Waals surface area contributed by atoms with Gasteiger partial charge in [-0.05, 0) is 29.3 Å². The second kappa shape index (κ2) is 9.81. The predicted octanol–water partition coefficient (Wildman–Crippen LogP) is 5.56. The first kappa shape index (κ1) is 25.6. The second-order valence-corrected chi connectivity index (χ2v) is 10.6. The summed E-state index contributed by atoms with van der Waals surface area (Å²) in [5.41, 5.74) is -1.05. The van der Waals surface area contributed by atoms with E-state index in [1.807, 2.05) is 60.7 Å². The summed E-state index contributed by atoms with van der Waals surface area (Å²) in [7, 11) is 0. The molecule has 3 fully saturated rings. The highest BCUT2D eigenvalue weighted by atomic mass is 19.4. The molecule has 4 heterocycles. The molecule has 0 aliphatic carbocycles. The van der Waals surface area contributed by atoms with Crippen LogP contribution in [0.5, 0.6) is 5.75 Å². The Labute approximate surface area is 224 Å². The lowest BCUT2D eigenvalue weighted by atomic mass is 9.83. The molecule has 3 aromatic carbocycles. The first-order valence-electron chi connectivity index (χ1n) is 13.1. The van der Waals surface area contributed by atoms with Crippen molar-refractivity contribution in [2.45, 2.75) is 37.3 Å². The molecule has 2 bridgehead atoms. The third kappa shape index (κ3) is 4.92. The maximum atomic E-state index is 13.2. The Balaban J connectivity index is 1.24. The van der Waals surface area contributed by atoms with Crippen LogP contribution in [0.1, 0.15) is 41.2 Å². The first-order valence-corrected chi connectivity index (χ1v) is 13.1. The molecule has 39 heavy (non-hydrogen) atoms. The summed E-state index contributed by atoms with van der Waals surface area (Å²) in [6.07, 6.45) is -2.81. The Morgan fingerprint density at radius 1 is 0.872 bits per heavy atom. The highest BCUT2D eigenvalue weighted by Crippen LogP contribution is 2.39. The van der Waals surface area contributed by atoms with Gasteiger partial charge in [0.25, 0.3) is 5.89 Å². The van der Waals surface area contributed by atoms with Crippen molar-refractivity contribution in [1.29, 1.82) is 0 Å². The average Bonchev–Trinajstić information content (AvgIpc) is 3.42. The standard InChI is InChI=1S/C30H29F3N3O3/c31-30(32,33)24-12-7-13-25(18-24)38-26-19-36(16-14-21(26)15-17-36)20-27-34-28(35-39-27)29(37,22-8-3-1-4-9-22)23-10-5-2-6-11-23/h1-13,18,21,26,37H,14-17,19-20H2/q+1. The molecule has 3 aliphatic rings. The van der Waals surface area contributed by atoms with Crippen LogP contribution >= 0.6 is 0 Å². The van der Waals surface area contributed by atoms with Crippen molar-refractivity contribution in [2.75, 3.05) is 19.6 Å². The van der Waals surface area contributed by atoms with E-state index in [1.165, 1.54) is 6.07 Å². The van der Waals surface area contributed by atoms with Crippen LogP contribution < -0.4 is 4.74 Å². The van der Waals surface area contributed by atoms with E-state index < -0.39 is 17.3 Å². The summed E-state index contributed by atoms with van der Waals surface area (Å²) in [4.78, 5) is 4.68. The SMILES string of the molecule is OC(c1ccccc1)(c1ccccc1)c1noc(C[N+]23CCC(CC2)C(Oc2cccc(C(F)(F)F)c2)C3)n1. The van der Waals surface area contributed by atoms with E-state index in [9.17, 15) is 18.3 Å². The Hall–Kier alpha value is -3.69. The maximum Gasteiger partial charge on any atom is 0.416 e. The van der Waals surface area contributed by atoms with E-state index in [4.69, 9.17) is 9.26 Å². The number of hydrogen-bond acceptors (Lipinski definition) is 5. The minimum absolute atomic E-state index is 0.164. The second-order valence-electron chi connectivity index (χ2n) is 10.6. The molecule has 9 heteroatoms. The van der Waals surface area contributed by atoms with Crippen molar-refractivity contribution in [1.82, 2.24) is 10.1 Å². The van der Waals surface area contributed by atoms with E-state index in [0.717, 1.165) is 38.1 Å². The van der Waals surface area contributed by atoms with Gasteiger partial charge in [0.15, 0.2) is 18.2 Å². The number of halogens is 3. The molecule has 0 radical (unpaired) electrons. The minimum Gasteiger partial charge on any atom is -0.484 e. The average molecular weight is 537 g/mol. The van der Waals surface area contributed by atoms with Gasteiger partial charge in [0.2, 0.25) is 5.82 Å². The number of ether oxygens (including phenoxy) is 1. The third-order valence-corrected chi connectivity index (χ3v) is 8.14. The Kier molecular flexibility index (Phi) is 6.43. The summed E-state index contributed by atoms with van der Waals surface area (Å²) in [6, 6.07) is 23.6. The normalized spacial score (nSPS) is 23.1. The zero-order chi connectivity index (χ0) is 27.1. The van der Waals surface area contributed by atoms with Crippen molar-refractivity contribution >= 4 is 0 Å². The molecule has 3 saturated heterocycles. The van der Waals surface area contributed by atoms with Gasteiger partial charge in [0.05, 0.1) is 18.7 Å². The summed E-state index contributed by atoms with van der Waals surface area (Å²) in [5.74, 6) is 1.10. The first-order chi connectivity index (χ1) is 18.8. The number of piperidine rings is 3. The monoisotopic (exact) mass is 536 g/mol. The Morgan fingerprint density at radius 3 is 2.10 bits per heavy atom. The lowest BCUT2D eigenvalue weighted by molar-refractivity contribution is -0.959. The molecular formula is C30H29F3N3O3+. The van der Waals surface area contributed by atoms with Gasteiger partial charge in [0.1, 0.15) is 12.3 Å². The fourth-order valence-corrected chi connectivity index (χ4v) is 6.03. The molecule has 3 aliphatic heterocycles. The van der Waals surface area contributed by atoms with Crippen LogP contribution in [-0.2, 0) is 18.3 Å². The summed E-state index contributed by atoms with van der Waals surface area (Å²) >= 11 is 0. The fourth-order valence-electron chi connectivity index (χ4n) is 6.03. The summed E-state index contributed by atoms with van der Waals surface area (Å²) < 4.78 is 52.1. The number of rotatable bonds is 7. The van der Waals surface area contributed by atoms with Crippen LogP contribution in [-0.4, -0.2) is 45.5 Å². The number of nitrogens with zero attached hydrogens (tertiary/aromatic N) is 3. The van der Waals surface area contributed by atoms with Gasteiger partial charge in [-0.3, -0.25) is 0 Å². The minimum atomic E-state index is -4.42. The molecule has 7 rings (SSSR count). The van der Waals surface area contributed by atoms with Crippen LogP contribution in [0.3, 0.4) is 0 Å². The van der Waals surface area contributed by atoms with Crippen LogP contribution in [0.2, 0.25) is 0 Å². The van der Waals surface area contributed by atoms with E-state index in [-0.39, 0.29) is 17.7 Å². The smallest absolute Gasteiger partial charge is 0.416 e. The number of hydrogen-bond donors (Lipinski definition) is 1. The van der Waals surface area contributed by atoms with Crippen molar-refractivity contribution in [3.63, 3.8) is 0 Å². The highest BCUT2D eigenvalue weighted by molar-refractivity contribution is 5.42. The molecule has 1 atom stereocenters. The van der Waals surface area contributed by atoms with E-state index in [2.05, 4.69) is 10.1 Å². The molecule has 202 valence electrons. The van der Waals surface area contributed by atoms with E-state index >= 15 is 0 Å². The predicted molar refractivity (Wildman–Crippen MR) is 136 cm³/mol. The van der Waals surface area contributed by atoms with Gasteiger partial charge in [-0.2, -0.15) is 18.2 Å². The lowest BCUT2D eigenvalue weighted by Crippen LogP contribution is -2.64. The summed E-state index contributed by atoms with van der Waals surface area (Å²) in [5, 5.41) is 16.2. The van der Waals surface area contributed by atoms with Crippen molar-refractivity contribution < 1.29 is 32.0 Å². The molecule has 0 amide bonds. The topological polar surface area (TPSA) is 68.4 Å². The van der Waals surface area contributed by atoms with Gasteiger partial charge in [-0.15, -0.1) is 0 Å². The summed E-state index contributed by atoms with van der Waals surface area (Å²) in [6.45, 7) is 2.89. The number of aromatic nitrogens is 2. The zero-order valence-corrected chi connectivity index (χ0v) is 21.2. The van der Waals surface area contributed by atoms with Gasteiger partial charge in [0, 0.05) is 18.8 Å². The van der Waals surface area contributed by atoms with Gasteiger partial charge < -0.3 is 18.8 Å². The highest BCUT2D eigenvalue weighted by Gasteiger charge is 2.48. The van der Waals surface area contributed by atoms with Crippen LogP contribution in [0.25, 0.3) is 0 Å². The fraction of sp³-hybridized carbons (Fsp3) is 0.333. The lowest BCUT2D eigenvalue weighted by Gasteiger charge is -2.51. The molecule has 4 aromatic rings. The molecule has 1 aromatic heterocycles. The van der Waals surface area contributed by atoms with Crippen LogP contribution in [0, 0.1) is 5.92 Å². The van der Waals surface area contributed by atoms with Crippen LogP contribution in [0.4, 0.5) is 13.2 Å². The van der Waals surface area contributed by atoms with Crippen molar-refractivity contribution in [3.8, 4) is 5.75 Å². The van der Waals surface area contributed by atoms with Crippen molar-refractivity contribution in [3.05, 3.63) is 113 Å². The molecule has 1 N–H and O–H groups in total. The molecule has 6 nitrogen and oxygen atoms in total. The maximum absolute atomic E-state index is 13.2. The van der Waals surface area contributed by atoms with Crippen molar-refractivity contribution in [2.24, 2.45) is 5.92 Å². The number of alkyl halides is 3. The number of benzene rings is 3. The largest absolute Gasteiger partial charge is 0.484 e. The van der Waals surface area contributed by atoms with E-state index in [0.29, 0.717) is 40.5 Å². The number of fused-ring (bicyclic) bond motifs is 3. The Morgan fingerprint density at radius 2 is 1.49 bits per heavy atom. The number of aliphatic hydroxyl groups is 1. The van der Waals surface area contributed by atoms with E-state index in [1.54, 1.807) is 6.07 Å². The third-order valence-electron chi connectivity index (χ3n) is 8.14. The molecule has 0 saturated carbocycles. The quantitative estimate of drug-likeness (QED) is 0.313. The number of quaternary nitrogens is 1. The molecule has 0 spiro atoms. The molecular weight excluding hydrogens is 507 g/mol.